The molecule has 50 heavy (non-hydrogen) atoms. The van der Waals surface area contributed by atoms with E-state index in [9.17, 15) is 0 Å². The van der Waals surface area contributed by atoms with Gasteiger partial charge in [0.1, 0.15) is 37.8 Å². The van der Waals surface area contributed by atoms with E-state index in [0.29, 0.717) is 73.9 Å². The van der Waals surface area contributed by atoms with E-state index in [1.54, 1.807) is 24.8 Å². The third-order valence-electron chi connectivity index (χ3n) is 7.50. The highest BCUT2D eigenvalue weighted by molar-refractivity contribution is 5.83. The molecule has 6 aromatic rings. The Labute approximate surface area is 292 Å². The Balaban J connectivity index is 1.13. The van der Waals surface area contributed by atoms with Gasteiger partial charge in [0.25, 0.3) is 0 Å². The molecule has 250 valence electrons. The lowest BCUT2D eigenvalue weighted by Crippen LogP contribution is -2.05. The van der Waals surface area contributed by atoms with Gasteiger partial charge in [0.05, 0.1) is 25.5 Å². The number of rotatable bonds is 17. The first-order valence-corrected chi connectivity index (χ1v) is 16.5. The van der Waals surface area contributed by atoms with Crippen LogP contribution in [0.5, 0.6) is 23.0 Å². The second-order valence-electron chi connectivity index (χ2n) is 11.2. The molecule has 0 unspecified atom stereocenters. The first kappa shape index (κ1) is 33.6. The average molecular weight is 663 g/mol. The molecule has 0 fully saturated rings. The van der Waals surface area contributed by atoms with E-state index in [1.165, 1.54) is 0 Å². The minimum atomic E-state index is 0.370. The molecular formula is C42H38N4O4. The Morgan fingerprint density at radius 3 is 1.06 bits per heavy atom. The predicted molar refractivity (Wildman–Crippen MR) is 196 cm³/mol. The largest absolute Gasteiger partial charge is 0.485 e. The van der Waals surface area contributed by atoms with Gasteiger partial charge in [-0.1, -0.05) is 121 Å². The van der Waals surface area contributed by atoms with Crippen molar-refractivity contribution in [1.82, 2.24) is 9.97 Å². The zero-order chi connectivity index (χ0) is 34.1. The van der Waals surface area contributed by atoms with Gasteiger partial charge in [-0.25, -0.2) is 0 Å². The zero-order valence-electron chi connectivity index (χ0n) is 27.7. The fraction of sp³-hybridized carbons (Fsp3) is 0.143. The molecule has 0 spiro atoms. The van der Waals surface area contributed by atoms with E-state index in [4.69, 9.17) is 18.9 Å². The smallest absolute Gasteiger partial charge is 0.188 e. The first-order chi connectivity index (χ1) is 24.8. The number of benzene rings is 4. The molecule has 0 bridgehead atoms. The van der Waals surface area contributed by atoms with Crippen molar-refractivity contribution < 1.29 is 18.9 Å². The number of hydrogen-bond acceptors (Lipinski definition) is 8. The quantitative estimate of drug-likeness (QED) is 0.0721. The molecule has 0 saturated carbocycles. The van der Waals surface area contributed by atoms with Crippen LogP contribution in [-0.2, 0) is 26.4 Å². The Hall–Kier alpha value is -6.28. The molecule has 0 saturated heterocycles. The lowest BCUT2D eigenvalue weighted by Gasteiger charge is -2.15. The van der Waals surface area contributed by atoms with Crippen molar-refractivity contribution in [2.75, 3.05) is 13.1 Å². The van der Waals surface area contributed by atoms with Crippen LogP contribution in [0, 0.1) is 0 Å². The number of aliphatic imine (C=N–C) groups is 2. The van der Waals surface area contributed by atoms with Crippen LogP contribution in [0.4, 0.5) is 0 Å². The highest BCUT2D eigenvalue weighted by Crippen LogP contribution is 2.32. The van der Waals surface area contributed by atoms with E-state index >= 15 is 0 Å². The zero-order valence-corrected chi connectivity index (χ0v) is 27.7. The summed E-state index contributed by atoms with van der Waals surface area (Å²) in [6.45, 7) is 2.40. The van der Waals surface area contributed by atoms with E-state index in [0.717, 1.165) is 22.3 Å². The van der Waals surface area contributed by atoms with Gasteiger partial charge < -0.3 is 18.9 Å². The molecule has 4 aromatic carbocycles. The van der Waals surface area contributed by atoms with Gasteiger partial charge in [0.2, 0.25) is 0 Å². The lowest BCUT2D eigenvalue weighted by molar-refractivity contribution is 0.254. The third kappa shape index (κ3) is 10.1. The van der Waals surface area contributed by atoms with Crippen molar-refractivity contribution in [1.29, 1.82) is 0 Å². The van der Waals surface area contributed by atoms with Gasteiger partial charge in [-0.2, -0.15) is 0 Å². The van der Waals surface area contributed by atoms with E-state index < -0.39 is 0 Å². The fourth-order valence-electron chi connectivity index (χ4n) is 4.94. The second kappa shape index (κ2) is 18.3. The molecule has 0 atom stereocenters. The van der Waals surface area contributed by atoms with E-state index in [1.807, 2.05) is 133 Å². The van der Waals surface area contributed by atoms with Crippen LogP contribution in [0.25, 0.3) is 0 Å². The molecule has 8 heteroatoms. The number of nitrogens with zero attached hydrogens (tertiary/aromatic N) is 4. The van der Waals surface area contributed by atoms with Crippen molar-refractivity contribution >= 4 is 12.4 Å². The van der Waals surface area contributed by atoms with Gasteiger partial charge >= 0.3 is 0 Å². The van der Waals surface area contributed by atoms with E-state index in [-0.39, 0.29) is 0 Å². The summed E-state index contributed by atoms with van der Waals surface area (Å²) < 4.78 is 24.9. The topological polar surface area (TPSA) is 87.4 Å². The Morgan fingerprint density at radius 2 is 0.720 bits per heavy atom. The van der Waals surface area contributed by atoms with Gasteiger partial charge in [-0.3, -0.25) is 20.0 Å². The number of ether oxygens (including phenoxy) is 4. The van der Waals surface area contributed by atoms with Crippen LogP contribution >= 0.6 is 0 Å². The van der Waals surface area contributed by atoms with Crippen LogP contribution in [0.3, 0.4) is 0 Å². The molecule has 0 amide bonds. The van der Waals surface area contributed by atoms with Crippen LogP contribution < -0.4 is 18.9 Å². The number of pyridine rings is 2. The van der Waals surface area contributed by atoms with Crippen molar-refractivity contribution in [3.63, 3.8) is 0 Å². The number of hydrogen-bond donors (Lipinski definition) is 0. The summed E-state index contributed by atoms with van der Waals surface area (Å²) in [5.41, 5.74) is 5.36. The minimum absolute atomic E-state index is 0.370. The fourth-order valence-corrected chi connectivity index (χ4v) is 4.94. The normalized spacial score (nSPS) is 11.1. The molecule has 0 aliphatic carbocycles. The maximum Gasteiger partial charge on any atom is 0.188 e. The lowest BCUT2D eigenvalue weighted by atomic mass is 10.2. The minimum Gasteiger partial charge on any atom is -0.485 e. The molecule has 8 nitrogen and oxygen atoms in total. The van der Waals surface area contributed by atoms with Crippen LogP contribution in [0.15, 0.2) is 156 Å². The maximum absolute atomic E-state index is 6.26. The van der Waals surface area contributed by atoms with Gasteiger partial charge in [-0.05, 0) is 22.3 Å². The molecule has 2 heterocycles. The molecule has 0 radical (unpaired) electrons. The summed E-state index contributed by atoms with van der Waals surface area (Å²) in [4.78, 5) is 18.3. The summed E-state index contributed by atoms with van der Waals surface area (Å²) in [7, 11) is 0. The standard InChI is InChI=1S/C42H38N4O4/c1-5-13-33(14-6-1)29-47-39-21-23-45-37(41(39)49-31-35-17-9-3-10-18-35)27-43-25-26-44-28-38-42(50-32-36-19-11-4-12-20-36)40(22-24-46-38)48-30-34-15-7-2-8-16-34/h1-24,27-28H,25-26,29-32H2. The maximum atomic E-state index is 6.26. The predicted octanol–water partition coefficient (Wildman–Crippen LogP) is 8.33. The molecule has 0 aliphatic rings. The molecule has 6 rings (SSSR count). The summed E-state index contributed by atoms with van der Waals surface area (Å²) in [6, 6.07) is 43.6. The van der Waals surface area contributed by atoms with Crippen LogP contribution in [0.2, 0.25) is 0 Å². The van der Waals surface area contributed by atoms with Crippen LogP contribution in [-0.4, -0.2) is 35.5 Å². The Kier molecular flexibility index (Phi) is 12.3. The molecular weight excluding hydrogens is 624 g/mol. The van der Waals surface area contributed by atoms with Gasteiger partial charge in [0.15, 0.2) is 23.0 Å². The highest BCUT2D eigenvalue weighted by atomic mass is 16.5. The van der Waals surface area contributed by atoms with Crippen molar-refractivity contribution in [2.24, 2.45) is 9.98 Å². The molecule has 0 N–H and O–H groups in total. The Morgan fingerprint density at radius 1 is 0.400 bits per heavy atom. The van der Waals surface area contributed by atoms with E-state index in [2.05, 4.69) is 20.0 Å². The van der Waals surface area contributed by atoms with Gasteiger partial charge in [-0.15, -0.1) is 0 Å². The first-order valence-electron chi connectivity index (χ1n) is 16.5. The summed E-state index contributed by atoms with van der Waals surface area (Å²) >= 11 is 0. The number of aromatic nitrogens is 2. The Bertz CT molecular complexity index is 1810. The van der Waals surface area contributed by atoms with Gasteiger partial charge in [0, 0.05) is 24.5 Å². The second-order valence-corrected chi connectivity index (χ2v) is 11.2. The highest BCUT2D eigenvalue weighted by Gasteiger charge is 2.14. The molecule has 2 aromatic heterocycles. The molecule has 0 aliphatic heterocycles. The van der Waals surface area contributed by atoms with Crippen LogP contribution in [0.1, 0.15) is 33.6 Å². The van der Waals surface area contributed by atoms with Crippen molar-refractivity contribution in [2.45, 2.75) is 26.4 Å². The van der Waals surface area contributed by atoms with Crippen molar-refractivity contribution in [3.8, 4) is 23.0 Å². The monoisotopic (exact) mass is 662 g/mol. The third-order valence-corrected chi connectivity index (χ3v) is 7.50. The summed E-state index contributed by atoms with van der Waals surface area (Å²) in [5, 5.41) is 0. The summed E-state index contributed by atoms with van der Waals surface area (Å²) in [6.07, 6.45) is 6.81. The van der Waals surface area contributed by atoms with Crippen molar-refractivity contribution in [3.05, 3.63) is 179 Å². The average Bonchev–Trinajstić information content (AvgIpc) is 3.18. The SMILES string of the molecule is C(=NCCN=Cc1nccc(OCc2ccccc2)c1OCc1ccccc1)c1nccc(OCc2ccccc2)c1OCc1ccccc1. The summed E-state index contributed by atoms with van der Waals surface area (Å²) in [5.74, 6) is 2.28.